The lowest BCUT2D eigenvalue weighted by molar-refractivity contribution is -0.120. The van der Waals surface area contributed by atoms with Gasteiger partial charge in [-0.05, 0) is 41.0 Å². The molecular formula is C19H22O. The largest absolute Gasteiger partial charge is 0.299 e. The highest BCUT2D eigenvalue weighted by Gasteiger charge is 2.30. The zero-order valence-electron chi connectivity index (χ0n) is 12.1. The van der Waals surface area contributed by atoms with Gasteiger partial charge in [0.05, 0.1) is 0 Å². The Morgan fingerprint density at radius 1 is 1.05 bits per heavy atom. The quantitative estimate of drug-likeness (QED) is 0.761. The van der Waals surface area contributed by atoms with Gasteiger partial charge < -0.3 is 0 Å². The van der Waals surface area contributed by atoms with E-state index in [1.54, 1.807) is 0 Å². The van der Waals surface area contributed by atoms with Gasteiger partial charge in [-0.2, -0.15) is 0 Å². The number of carbonyl (C=O) groups excluding carboxylic acids is 1. The average molecular weight is 266 g/mol. The van der Waals surface area contributed by atoms with Crippen molar-refractivity contribution in [3.8, 4) is 0 Å². The highest BCUT2D eigenvalue weighted by Crippen LogP contribution is 2.39. The van der Waals surface area contributed by atoms with Crippen LogP contribution in [0.25, 0.3) is 10.8 Å². The summed E-state index contributed by atoms with van der Waals surface area (Å²) < 4.78 is 0. The van der Waals surface area contributed by atoms with Crippen LogP contribution in [0.5, 0.6) is 0 Å². The van der Waals surface area contributed by atoms with Gasteiger partial charge in [0.1, 0.15) is 5.78 Å². The van der Waals surface area contributed by atoms with Gasteiger partial charge in [-0.1, -0.05) is 55.8 Å². The van der Waals surface area contributed by atoms with Crippen molar-refractivity contribution in [2.24, 2.45) is 11.8 Å². The summed E-state index contributed by atoms with van der Waals surface area (Å²) >= 11 is 0. The second-order valence-electron chi connectivity index (χ2n) is 6.11. The van der Waals surface area contributed by atoms with Crippen molar-refractivity contribution in [3.63, 3.8) is 0 Å². The molecule has 1 saturated carbocycles. The van der Waals surface area contributed by atoms with Crippen LogP contribution in [0.15, 0.2) is 42.5 Å². The summed E-state index contributed by atoms with van der Waals surface area (Å²) in [5, 5.41) is 2.47. The molecule has 3 rings (SSSR count). The molecule has 0 saturated heterocycles. The molecule has 1 heteroatoms. The van der Waals surface area contributed by atoms with Crippen molar-refractivity contribution >= 4 is 16.6 Å². The molecule has 0 aromatic heterocycles. The van der Waals surface area contributed by atoms with Crippen molar-refractivity contribution in [2.75, 3.05) is 0 Å². The second kappa shape index (κ2) is 5.78. The van der Waals surface area contributed by atoms with Crippen LogP contribution in [0.3, 0.4) is 0 Å². The maximum atomic E-state index is 12.2. The molecule has 2 aromatic carbocycles. The summed E-state index contributed by atoms with van der Waals surface area (Å²) in [5.74, 6) is 1.87. The third-order valence-electron chi connectivity index (χ3n) is 4.80. The van der Waals surface area contributed by atoms with Crippen LogP contribution in [0.2, 0.25) is 0 Å². The maximum Gasteiger partial charge on any atom is 0.137 e. The summed E-state index contributed by atoms with van der Waals surface area (Å²) in [6.07, 6.45) is 5.18. The molecule has 0 aliphatic heterocycles. The predicted molar refractivity (Wildman–Crippen MR) is 83.8 cm³/mol. The number of carbonyl (C=O) groups is 1. The molecule has 0 amide bonds. The van der Waals surface area contributed by atoms with E-state index >= 15 is 0 Å². The summed E-state index contributed by atoms with van der Waals surface area (Å²) in [6, 6.07) is 14.7. The number of fused-ring (bicyclic) bond motifs is 1. The molecule has 1 fully saturated rings. The van der Waals surface area contributed by atoms with Crippen molar-refractivity contribution in [1.29, 1.82) is 0 Å². The standard InChI is InChI=1S/C19H22O/c1-2-15-9-10-18(15)13-19(20)12-14-7-8-16-5-3-4-6-17(16)11-14/h3-8,11,15,18H,2,9-10,12-13H2,1H3. The third kappa shape index (κ3) is 2.77. The van der Waals surface area contributed by atoms with Crippen molar-refractivity contribution < 1.29 is 4.79 Å². The zero-order valence-corrected chi connectivity index (χ0v) is 12.1. The van der Waals surface area contributed by atoms with Gasteiger partial charge in [-0.25, -0.2) is 0 Å². The zero-order chi connectivity index (χ0) is 13.9. The van der Waals surface area contributed by atoms with E-state index in [0.717, 1.165) is 17.9 Å². The molecule has 104 valence electrons. The fraction of sp³-hybridized carbons (Fsp3) is 0.421. The Morgan fingerprint density at radius 2 is 1.80 bits per heavy atom. The van der Waals surface area contributed by atoms with Crippen LogP contribution in [0.4, 0.5) is 0 Å². The Labute approximate surface area is 121 Å². The van der Waals surface area contributed by atoms with E-state index in [9.17, 15) is 4.79 Å². The number of ketones is 1. The van der Waals surface area contributed by atoms with Gasteiger partial charge in [0.25, 0.3) is 0 Å². The van der Waals surface area contributed by atoms with Crippen LogP contribution in [-0.2, 0) is 11.2 Å². The van der Waals surface area contributed by atoms with E-state index in [2.05, 4.69) is 43.3 Å². The van der Waals surface area contributed by atoms with Crippen molar-refractivity contribution in [2.45, 2.75) is 39.0 Å². The molecule has 0 spiro atoms. The molecule has 1 aliphatic carbocycles. The van der Waals surface area contributed by atoms with Crippen LogP contribution in [0.1, 0.15) is 38.2 Å². The topological polar surface area (TPSA) is 17.1 Å². The van der Waals surface area contributed by atoms with Gasteiger partial charge in [-0.15, -0.1) is 0 Å². The molecule has 2 atom stereocenters. The number of Topliss-reactive ketones (excluding diaryl/α,β-unsaturated/α-hetero) is 1. The van der Waals surface area contributed by atoms with Gasteiger partial charge >= 0.3 is 0 Å². The summed E-state index contributed by atoms with van der Waals surface area (Å²) in [4.78, 5) is 12.2. The Hall–Kier alpha value is -1.63. The fourth-order valence-corrected chi connectivity index (χ4v) is 3.39. The Balaban J connectivity index is 1.65. The van der Waals surface area contributed by atoms with Gasteiger partial charge in [-0.3, -0.25) is 4.79 Å². The monoisotopic (exact) mass is 266 g/mol. The SMILES string of the molecule is CCC1CCC1CC(=O)Cc1ccc2ccccc2c1. The molecule has 1 aliphatic rings. The number of rotatable bonds is 5. The van der Waals surface area contributed by atoms with E-state index in [1.807, 2.05) is 6.07 Å². The van der Waals surface area contributed by atoms with Gasteiger partial charge in [0, 0.05) is 12.8 Å². The average Bonchev–Trinajstić information content (AvgIpc) is 2.44. The first-order valence-electron chi connectivity index (χ1n) is 7.75. The highest BCUT2D eigenvalue weighted by molar-refractivity contribution is 5.86. The highest BCUT2D eigenvalue weighted by atomic mass is 16.1. The molecule has 0 radical (unpaired) electrons. The molecular weight excluding hydrogens is 244 g/mol. The van der Waals surface area contributed by atoms with E-state index in [1.165, 1.54) is 30.0 Å². The Bertz CT molecular complexity index is 612. The van der Waals surface area contributed by atoms with Gasteiger partial charge in [0.2, 0.25) is 0 Å². The Morgan fingerprint density at radius 3 is 2.50 bits per heavy atom. The van der Waals surface area contributed by atoms with E-state index in [0.29, 0.717) is 18.1 Å². The maximum absolute atomic E-state index is 12.2. The lowest BCUT2D eigenvalue weighted by atomic mass is 9.70. The lowest BCUT2D eigenvalue weighted by Crippen LogP contribution is -2.27. The molecule has 0 N–H and O–H groups in total. The normalized spacial score (nSPS) is 21.6. The minimum atomic E-state index is 0.406. The van der Waals surface area contributed by atoms with Crippen molar-refractivity contribution in [3.05, 3.63) is 48.0 Å². The van der Waals surface area contributed by atoms with Gasteiger partial charge in [0.15, 0.2) is 0 Å². The van der Waals surface area contributed by atoms with Crippen LogP contribution in [0, 0.1) is 11.8 Å². The number of hydrogen-bond donors (Lipinski definition) is 0. The summed E-state index contributed by atoms with van der Waals surface area (Å²) in [6.45, 7) is 2.24. The number of benzene rings is 2. The fourth-order valence-electron chi connectivity index (χ4n) is 3.39. The van der Waals surface area contributed by atoms with E-state index in [4.69, 9.17) is 0 Å². The van der Waals surface area contributed by atoms with Crippen LogP contribution < -0.4 is 0 Å². The first-order chi connectivity index (χ1) is 9.76. The molecule has 1 nitrogen and oxygen atoms in total. The second-order valence-corrected chi connectivity index (χ2v) is 6.11. The third-order valence-corrected chi connectivity index (χ3v) is 4.80. The predicted octanol–water partition coefficient (Wildman–Crippen LogP) is 4.78. The summed E-state index contributed by atoms with van der Waals surface area (Å²) in [5.41, 5.74) is 1.15. The molecule has 0 bridgehead atoms. The summed E-state index contributed by atoms with van der Waals surface area (Å²) in [7, 11) is 0. The van der Waals surface area contributed by atoms with Crippen LogP contribution >= 0.6 is 0 Å². The molecule has 2 unspecified atom stereocenters. The minimum absolute atomic E-state index is 0.406. The first kappa shape index (κ1) is 13.4. The van der Waals surface area contributed by atoms with E-state index in [-0.39, 0.29) is 0 Å². The first-order valence-corrected chi connectivity index (χ1v) is 7.75. The molecule has 0 heterocycles. The van der Waals surface area contributed by atoms with Crippen LogP contribution in [-0.4, -0.2) is 5.78 Å². The lowest BCUT2D eigenvalue weighted by Gasteiger charge is -2.35. The number of hydrogen-bond acceptors (Lipinski definition) is 1. The molecule has 20 heavy (non-hydrogen) atoms. The minimum Gasteiger partial charge on any atom is -0.299 e. The Kier molecular flexibility index (Phi) is 3.86. The smallest absolute Gasteiger partial charge is 0.137 e. The molecule has 2 aromatic rings. The van der Waals surface area contributed by atoms with Crippen molar-refractivity contribution in [1.82, 2.24) is 0 Å². The van der Waals surface area contributed by atoms with E-state index < -0.39 is 0 Å².